The van der Waals surface area contributed by atoms with Crippen molar-refractivity contribution < 1.29 is 9.53 Å². The standard InChI is InChI=1S/C24H25N5O2/c1-28(2)17-12-10-15(11-13-17)23-26-24-25-19-8-5-9-20(30)21(19)22(29(24)27-23)16-6-4-7-18(14-16)31-3/h4,6-7,10-14,22H,5,8-9H2,1-3H3,(H,25,26,27). The van der Waals surface area contributed by atoms with E-state index < -0.39 is 0 Å². The van der Waals surface area contributed by atoms with Crippen LogP contribution in [0.3, 0.4) is 0 Å². The van der Waals surface area contributed by atoms with Crippen LogP contribution in [0.5, 0.6) is 5.75 Å². The molecule has 0 radical (unpaired) electrons. The number of Topliss-reactive ketones (excluding diaryl/α,β-unsaturated/α-hetero) is 1. The second kappa shape index (κ2) is 7.58. The molecule has 1 aliphatic heterocycles. The van der Waals surface area contributed by atoms with Gasteiger partial charge in [-0.3, -0.25) is 4.79 Å². The van der Waals surface area contributed by atoms with Gasteiger partial charge in [0.15, 0.2) is 11.6 Å². The Labute approximate surface area is 181 Å². The fourth-order valence-corrected chi connectivity index (χ4v) is 4.31. The maximum Gasteiger partial charge on any atom is 0.226 e. The van der Waals surface area contributed by atoms with Crippen molar-refractivity contribution in [1.82, 2.24) is 14.8 Å². The van der Waals surface area contributed by atoms with Gasteiger partial charge in [0.05, 0.1) is 7.11 Å². The summed E-state index contributed by atoms with van der Waals surface area (Å²) >= 11 is 0. The highest BCUT2D eigenvalue weighted by molar-refractivity contribution is 5.99. The third kappa shape index (κ3) is 3.36. The number of methoxy groups -OCH3 is 1. The molecule has 2 aromatic carbocycles. The van der Waals surface area contributed by atoms with Crippen molar-refractivity contribution in [3.05, 3.63) is 65.4 Å². The molecule has 2 heterocycles. The largest absolute Gasteiger partial charge is 0.497 e. The molecule has 2 aliphatic rings. The van der Waals surface area contributed by atoms with Crippen LogP contribution in [-0.4, -0.2) is 41.8 Å². The van der Waals surface area contributed by atoms with E-state index >= 15 is 0 Å². The lowest BCUT2D eigenvalue weighted by molar-refractivity contribution is -0.116. The number of rotatable bonds is 4. The van der Waals surface area contributed by atoms with Crippen molar-refractivity contribution in [2.75, 3.05) is 31.4 Å². The minimum absolute atomic E-state index is 0.166. The van der Waals surface area contributed by atoms with Crippen molar-refractivity contribution in [3.8, 4) is 17.1 Å². The average Bonchev–Trinajstić information content (AvgIpc) is 3.21. The topological polar surface area (TPSA) is 72.3 Å². The van der Waals surface area contributed by atoms with E-state index in [0.717, 1.165) is 46.7 Å². The highest BCUT2D eigenvalue weighted by atomic mass is 16.5. The highest BCUT2D eigenvalue weighted by Gasteiger charge is 2.37. The van der Waals surface area contributed by atoms with Gasteiger partial charge in [-0.25, -0.2) is 4.68 Å². The molecule has 1 N–H and O–H groups in total. The molecule has 0 saturated carbocycles. The Kier molecular flexibility index (Phi) is 4.73. The van der Waals surface area contributed by atoms with E-state index in [0.29, 0.717) is 18.2 Å². The second-order valence-electron chi connectivity index (χ2n) is 8.12. The Balaban J connectivity index is 1.62. The molecule has 0 amide bonds. The second-order valence-corrected chi connectivity index (χ2v) is 8.12. The molecule has 1 aromatic heterocycles. The van der Waals surface area contributed by atoms with Crippen LogP contribution in [0.2, 0.25) is 0 Å². The SMILES string of the molecule is COc1cccc(C2C3=C(CCCC3=O)Nc3nc(-c4ccc(N(C)C)cc4)nn32)c1. The fraction of sp³-hybridized carbons (Fsp3) is 0.292. The molecule has 1 aliphatic carbocycles. The number of hydrogen-bond donors (Lipinski definition) is 1. The quantitative estimate of drug-likeness (QED) is 0.693. The molecule has 31 heavy (non-hydrogen) atoms. The van der Waals surface area contributed by atoms with Crippen LogP contribution < -0.4 is 15.0 Å². The predicted octanol–water partition coefficient (Wildman–Crippen LogP) is 4.04. The van der Waals surface area contributed by atoms with Gasteiger partial charge in [0.25, 0.3) is 0 Å². The third-order valence-corrected chi connectivity index (χ3v) is 5.92. The van der Waals surface area contributed by atoms with Crippen molar-refractivity contribution >= 4 is 17.4 Å². The fourth-order valence-electron chi connectivity index (χ4n) is 4.31. The maximum atomic E-state index is 13.0. The minimum Gasteiger partial charge on any atom is -0.497 e. The predicted molar refractivity (Wildman–Crippen MR) is 120 cm³/mol. The van der Waals surface area contributed by atoms with E-state index in [9.17, 15) is 4.79 Å². The Morgan fingerprint density at radius 3 is 2.68 bits per heavy atom. The van der Waals surface area contributed by atoms with E-state index in [2.05, 4.69) is 22.3 Å². The summed E-state index contributed by atoms with van der Waals surface area (Å²) in [5, 5.41) is 8.22. The number of ether oxygens (including phenoxy) is 1. The molecule has 5 rings (SSSR count). The monoisotopic (exact) mass is 415 g/mol. The number of carbonyl (C=O) groups is 1. The Hall–Kier alpha value is -3.61. The lowest BCUT2D eigenvalue weighted by Crippen LogP contribution is -2.31. The number of fused-ring (bicyclic) bond motifs is 1. The maximum absolute atomic E-state index is 13.0. The summed E-state index contributed by atoms with van der Waals surface area (Å²) in [4.78, 5) is 19.8. The Morgan fingerprint density at radius 2 is 1.94 bits per heavy atom. The van der Waals surface area contributed by atoms with Crippen LogP contribution in [0.25, 0.3) is 11.4 Å². The van der Waals surface area contributed by atoms with Gasteiger partial charge in [0.1, 0.15) is 11.8 Å². The summed E-state index contributed by atoms with van der Waals surface area (Å²) in [7, 11) is 5.67. The number of anilines is 2. The van der Waals surface area contributed by atoms with Gasteiger partial charge in [-0.1, -0.05) is 12.1 Å². The normalized spacial score (nSPS) is 17.6. The molecular weight excluding hydrogens is 390 g/mol. The zero-order valence-corrected chi connectivity index (χ0v) is 17.9. The first kappa shape index (κ1) is 19.4. The Bertz CT molecular complexity index is 1180. The average molecular weight is 415 g/mol. The van der Waals surface area contributed by atoms with Gasteiger partial charge in [-0.2, -0.15) is 4.98 Å². The molecule has 0 spiro atoms. The van der Waals surface area contributed by atoms with Crippen LogP contribution in [0.1, 0.15) is 30.9 Å². The summed E-state index contributed by atoms with van der Waals surface area (Å²) in [6.45, 7) is 0. The number of allylic oxidation sites excluding steroid dienone is 2. The van der Waals surface area contributed by atoms with Gasteiger partial charge in [-0.05, 0) is 54.8 Å². The highest BCUT2D eigenvalue weighted by Crippen LogP contribution is 2.41. The van der Waals surface area contributed by atoms with Gasteiger partial charge in [-0.15, -0.1) is 5.10 Å². The van der Waals surface area contributed by atoms with Gasteiger partial charge in [0, 0.05) is 43.0 Å². The molecule has 7 nitrogen and oxygen atoms in total. The summed E-state index contributed by atoms with van der Waals surface area (Å²) < 4.78 is 7.27. The van der Waals surface area contributed by atoms with Crippen molar-refractivity contribution in [1.29, 1.82) is 0 Å². The first-order valence-corrected chi connectivity index (χ1v) is 10.5. The number of ketones is 1. The van der Waals surface area contributed by atoms with Gasteiger partial charge >= 0.3 is 0 Å². The molecule has 0 saturated heterocycles. The summed E-state index contributed by atoms with van der Waals surface area (Å²) in [6.07, 6.45) is 2.24. The first-order valence-electron chi connectivity index (χ1n) is 10.5. The molecule has 3 aromatic rings. The minimum atomic E-state index is -0.323. The lowest BCUT2D eigenvalue weighted by Gasteiger charge is -2.32. The number of carbonyl (C=O) groups excluding carboxylic acids is 1. The van der Waals surface area contributed by atoms with Crippen LogP contribution in [0.15, 0.2) is 59.8 Å². The molecule has 158 valence electrons. The number of nitrogens with zero attached hydrogens (tertiary/aromatic N) is 4. The van der Waals surface area contributed by atoms with Crippen LogP contribution in [0, 0.1) is 0 Å². The summed E-state index contributed by atoms with van der Waals surface area (Å²) in [6, 6.07) is 15.7. The smallest absolute Gasteiger partial charge is 0.226 e. The van der Waals surface area contributed by atoms with E-state index in [1.165, 1.54) is 0 Å². The molecular formula is C24H25N5O2. The number of hydrogen-bond acceptors (Lipinski definition) is 6. The Morgan fingerprint density at radius 1 is 1.13 bits per heavy atom. The van der Waals surface area contributed by atoms with Crippen molar-refractivity contribution in [2.24, 2.45) is 0 Å². The van der Waals surface area contributed by atoms with E-state index in [4.69, 9.17) is 14.8 Å². The third-order valence-electron chi connectivity index (χ3n) is 5.92. The van der Waals surface area contributed by atoms with Crippen LogP contribution >= 0.6 is 0 Å². The molecule has 7 heteroatoms. The van der Waals surface area contributed by atoms with Crippen LogP contribution in [0.4, 0.5) is 11.6 Å². The van der Waals surface area contributed by atoms with Gasteiger partial charge in [0.2, 0.25) is 5.95 Å². The summed E-state index contributed by atoms with van der Waals surface area (Å²) in [5.74, 6) is 2.21. The molecule has 0 fully saturated rings. The zero-order chi connectivity index (χ0) is 21.5. The summed E-state index contributed by atoms with van der Waals surface area (Å²) in [5.41, 5.74) is 4.75. The molecule has 1 atom stereocenters. The van der Waals surface area contributed by atoms with E-state index in [1.54, 1.807) is 7.11 Å². The van der Waals surface area contributed by atoms with E-state index in [-0.39, 0.29) is 11.8 Å². The molecule has 0 bridgehead atoms. The lowest BCUT2D eigenvalue weighted by atomic mass is 9.85. The van der Waals surface area contributed by atoms with Crippen molar-refractivity contribution in [2.45, 2.75) is 25.3 Å². The van der Waals surface area contributed by atoms with E-state index in [1.807, 2.05) is 55.2 Å². The number of aromatic nitrogens is 3. The number of nitrogens with one attached hydrogen (secondary N) is 1. The zero-order valence-electron chi connectivity index (χ0n) is 17.9. The first-order chi connectivity index (χ1) is 15.0. The number of benzene rings is 2. The van der Waals surface area contributed by atoms with Gasteiger partial charge < -0.3 is 15.0 Å². The molecule has 1 unspecified atom stereocenters. The van der Waals surface area contributed by atoms with Crippen molar-refractivity contribution in [3.63, 3.8) is 0 Å². The van der Waals surface area contributed by atoms with Crippen LogP contribution in [-0.2, 0) is 4.79 Å².